The first-order chi connectivity index (χ1) is 25.7. The molecule has 0 radical (unpaired) electrons. The lowest BCUT2D eigenvalue weighted by Gasteiger charge is -2.32. The van der Waals surface area contributed by atoms with Crippen LogP contribution in [0.2, 0.25) is 0 Å². The first-order valence-corrected chi connectivity index (χ1v) is 20.6. The van der Waals surface area contributed by atoms with Crippen LogP contribution in [0.25, 0.3) is 11.0 Å². The Morgan fingerprint density at radius 1 is 1.09 bits per heavy atom. The van der Waals surface area contributed by atoms with E-state index in [1.54, 1.807) is 33.9 Å². The van der Waals surface area contributed by atoms with E-state index in [4.69, 9.17) is 24.2 Å². The van der Waals surface area contributed by atoms with Gasteiger partial charge in [-0.3, -0.25) is 19.1 Å². The summed E-state index contributed by atoms with van der Waals surface area (Å²) in [6, 6.07) is 3.23. The second kappa shape index (κ2) is 14.6. The Kier molecular flexibility index (Phi) is 10.3. The van der Waals surface area contributed by atoms with Crippen molar-refractivity contribution in [3.63, 3.8) is 0 Å². The molecule has 2 aliphatic heterocycles. The van der Waals surface area contributed by atoms with Gasteiger partial charge in [0.2, 0.25) is 27.7 Å². The molecule has 7 rings (SSSR count). The Labute approximate surface area is 315 Å². The van der Waals surface area contributed by atoms with Crippen molar-refractivity contribution < 1.29 is 41.8 Å². The Morgan fingerprint density at radius 3 is 2.56 bits per heavy atom. The minimum atomic E-state index is -3.90. The molecule has 4 amide bonds. The fourth-order valence-corrected chi connectivity index (χ4v) is 9.20. The van der Waals surface area contributed by atoms with Gasteiger partial charge in [-0.15, -0.1) is 6.58 Å². The van der Waals surface area contributed by atoms with E-state index in [0.717, 1.165) is 32.1 Å². The summed E-state index contributed by atoms with van der Waals surface area (Å²) < 4.78 is 45.5. The van der Waals surface area contributed by atoms with Crippen molar-refractivity contribution in [1.82, 2.24) is 30.2 Å². The number of methoxy groups -OCH3 is 1. The molecule has 3 saturated carbocycles. The van der Waals surface area contributed by atoms with Gasteiger partial charge in [0, 0.05) is 17.9 Å². The van der Waals surface area contributed by atoms with Crippen molar-refractivity contribution in [2.24, 2.45) is 23.7 Å². The average molecular weight is 767 g/mol. The number of aryl methyl sites for hydroxylation is 1. The molecule has 16 heteroatoms. The number of hydrogen-bond acceptors (Lipinski definition) is 11. The number of alkyl carbamates (subject to hydrolysis) is 1. The topological polar surface area (TPSA) is 195 Å². The van der Waals surface area contributed by atoms with Crippen LogP contribution in [-0.4, -0.2) is 95.8 Å². The lowest BCUT2D eigenvalue weighted by Crippen LogP contribution is -2.60. The number of nitrogens with zero attached hydrogens (tertiary/aromatic N) is 3. The van der Waals surface area contributed by atoms with E-state index in [2.05, 4.69) is 21.9 Å². The molecule has 4 fully saturated rings. The molecule has 15 nitrogen and oxygen atoms in total. The predicted molar refractivity (Wildman–Crippen MR) is 197 cm³/mol. The highest BCUT2D eigenvalue weighted by molar-refractivity contribution is 7.91. The number of ether oxygens (including phenoxy) is 3. The van der Waals surface area contributed by atoms with Crippen molar-refractivity contribution in [1.29, 1.82) is 0 Å². The van der Waals surface area contributed by atoms with Crippen LogP contribution in [0.5, 0.6) is 11.6 Å². The summed E-state index contributed by atoms with van der Waals surface area (Å²) >= 11 is 0. The molecule has 3 heterocycles. The van der Waals surface area contributed by atoms with Crippen LogP contribution >= 0.6 is 0 Å². The Morgan fingerprint density at radius 2 is 1.87 bits per heavy atom. The van der Waals surface area contributed by atoms with Crippen LogP contribution in [0.1, 0.15) is 77.8 Å². The first kappa shape index (κ1) is 37.8. The maximum Gasteiger partial charge on any atom is 0.408 e. The van der Waals surface area contributed by atoms with E-state index in [0.29, 0.717) is 47.6 Å². The summed E-state index contributed by atoms with van der Waals surface area (Å²) in [5, 5.41) is 4.96. The molecular weight excluding hydrogens is 717 g/mol. The van der Waals surface area contributed by atoms with Crippen LogP contribution in [-0.2, 0) is 35.6 Å². The molecule has 3 N–H and O–H groups in total. The number of hydrogen-bond donors (Lipinski definition) is 3. The SMILES string of the molecule is C=C[C@@H]1C[C@]1(NC(=O)[C@@H]1[C@H](C)[C@@H]2CN1C(=O)[C@H](C(C)C)NC(=O)O[C@@H]1C[C@H]1CCCCCc1nc3ccc(OC)cc3nc1O2)C(=O)NS(=O)(=O)C1CC1. The smallest absolute Gasteiger partial charge is 0.408 e. The van der Waals surface area contributed by atoms with Gasteiger partial charge in [-0.05, 0) is 68.9 Å². The zero-order valence-electron chi connectivity index (χ0n) is 31.2. The second-order valence-corrected chi connectivity index (χ2v) is 17.8. The third kappa shape index (κ3) is 7.58. The molecule has 54 heavy (non-hydrogen) atoms. The van der Waals surface area contributed by atoms with Crippen molar-refractivity contribution in [2.75, 3.05) is 13.7 Å². The molecule has 0 unspecified atom stereocenters. The highest BCUT2D eigenvalue weighted by Gasteiger charge is 2.62. The highest BCUT2D eigenvalue weighted by atomic mass is 32.2. The van der Waals surface area contributed by atoms with E-state index in [-0.39, 0.29) is 30.9 Å². The standard InChI is InChI=1S/C38H50N6O9S/c1-6-23-18-38(23,36(47)43-54(49,50)25-13-14-25)42-33(45)32-21(4)30-19-44(32)35(46)31(20(2)3)41-37(48)53-29-16-22(29)10-8-7-9-11-27-34(52-30)40-28-17-24(51-5)12-15-26(28)39-27/h6,12,15,17,20-23,25,29-32H,1,7-11,13-14,16,18-19H2,2-5H3,(H,41,48)(H,42,45)(H,43,47)/t21-,22-,23-,29-,30+,31+,32+,38-/m1/s1. The summed E-state index contributed by atoms with van der Waals surface area (Å²) in [7, 11) is -2.34. The third-order valence-electron chi connectivity index (χ3n) is 11.6. The van der Waals surface area contributed by atoms with Crippen LogP contribution in [0.4, 0.5) is 4.79 Å². The Balaban J connectivity index is 1.23. The number of carbonyl (C=O) groups excluding carboxylic acids is 4. The van der Waals surface area contributed by atoms with E-state index < -0.39 is 74.7 Å². The summed E-state index contributed by atoms with van der Waals surface area (Å²) in [5.74, 6) is -2.40. The van der Waals surface area contributed by atoms with Crippen molar-refractivity contribution in [3.8, 4) is 11.6 Å². The molecule has 5 aliphatic rings. The molecule has 1 aromatic carbocycles. The van der Waals surface area contributed by atoms with Gasteiger partial charge in [0.25, 0.3) is 5.91 Å². The van der Waals surface area contributed by atoms with Crippen LogP contribution in [0.3, 0.4) is 0 Å². The largest absolute Gasteiger partial charge is 0.497 e. The number of amides is 4. The van der Waals surface area contributed by atoms with E-state index in [1.165, 1.54) is 11.0 Å². The van der Waals surface area contributed by atoms with Crippen molar-refractivity contribution in [3.05, 3.63) is 36.5 Å². The molecule has 3 aliphatic carbocycles. The maximum absolute atomic E-state index is 14.5. The lowest BCUT2D eigenvalue weighted by molar-refractivity contribution is -0.142. The number of sulfonamides is 1. The zero-order chi connectivity index (χ0) is 38.5. The summed E-state index contributed by atoms with van der Waals surface area (Å²) in [6.07, 6.45) is 5.90. The van der Waals surface area contributed by atoms with Gasteiger partial charge in [0.05, 0.1) is 29.9 Å². The third-order valence-corrected chi connectivity index (χ3v) is 13.4. The minimum absolute atomic E-state index is 0.0415. The second-order valence-electron chi connectivity index (χ2n) is 15.9. The van der Waals surface area contributed by atoms with Gasteiger partial charge in [-0.25, -0.2) is 23.2 Å². The molecule has 2 aromatic rings. The van der Waals surface area contributed by atoms with Gasteiger partial charge in [-0.2, -0.15) is 0 Å². The number of nitrogens with one attached hydrogen (secondary N) is 3. The molecule has 8 atom stereocenters. The highest BCUT2D eigenvalue weighted by Crippen LogP contribution is 2.46. The summed E-state index contributed by atoms with van der Waals surface area (Å²) in [5.41, 5.74) is 0.335. The van der Waals surface area contributed by atoms with Crippen LogP contribution < -0.4 is 24.8 Å². The molecule has 292 valence electrons. The van der Waals surface area contributed by atoms with Gasteiger partial charge in [0.15, 0.2) is 0 Å². The zero-order valence-corrected chi connectivity index (χ0v) is 32.0. The molecule has 1 aromatic heterocycles. The monoisotopic (exact) mass is 766 g/mol. The van der Waals surface area contributed by atoms with Crippen LogP contribution in [0.15, 0.2) is 30.9 Å². The van der Waals surface area contributed by atoms with E-state index in [1.807, 2.05) is 12.1 Å². The Bertz CT molecular complexity index is 1950. The number of benzene rings is 1. The maximum atomic E-state index is 14.5. The number of fused-ring (bicyclic) bond motifs is 5. The quantitative estimate of drug-likeness (QED) is 0.334. The summed E-state index contributed by atoms with van der Waals surface area (Å²) in [4.78, 5) is 66.9. The molecular formula is C38H50N6O9S. The fourth-order valence-electron chi connectivity index (χ4n) is 7.84. The van der Waals surface area contributed by atoms with Crippen molar-refractivity contribution in [2.45, 2.75) is 114 Å². The molecule has 2 bridgehead atoms. The van der Waals surface area contributed by atoms with Crippen molar-refractivity contribution >= 4 is 44.9 Å². The van der Waals surface area contributed by atoms with Gasteiger partial charge < -0.3 is 29.7 Å². The summed E-state index contributed by atoms with van der Waals surface area (Å²) in [6.45, 7) is 9.12. The predicted octanol–water partition coefficient (Wildman–Crippen LogP) is 3.16. The lowest BCUT2D eigenvalue weighted by atomic mass is 9.97. The minimum Gasteiger partial charge on any atom is -0.497 e. The number of aromatic nitrogens is 2. The normalized spacial score (nSPS) is 31.4. The molecule has 0 spiro atoms. The van der Waals surface area contributed by atoms with Crippen LogP contribution in [0, 0.1) is 23.7 Å². The molecule has 1 saturated heterocycles. The first-order valence-electron chi connectivity index (χ1n) is 19.0. The van der Waals surface area contributed by atoms with E-state index in [9.17, 15) is 27.6 Å². The average Bonchev–Trinajstić information content (AvgIpc) is 4.04. The van der Waals surface area contributed by atoms with Gasteiger partial charge >= 0.3 is 6.09 Å². The Hall–Kier alpha value is -4.47. The van der Waals surface area contributed by atoms with Gasteiger partial charge in [-0.1, -0.05) is 39.7 Å². The fraction of sp³-hybridized carbons (Fsp3) is 0.632. The van der Waals surface area contributed by atoms with Gasteiger partial charge in [0.1, 0.15) is 41.3 Å². The number of carbonyl (C=O) groups is 4. The van der Waals surface area contributed by atoms with E-state index >= 15 is 0 Å². The number of rotatable bonds is 8.